The van der Waals surface area contributed by atoms with Crippen LogP contribution in [0.3, 0.4) is 0 Å². The van der Waals surface area contributed by atoms with Gasteiger partial charge in [-0.1, -0.05) is 20.8 Å². The predicted molar refractivity (Wildman–Crippen MR) is 44.3 cm³/mol. The molecule has 0 saturated carbocycles. The van der Waals surface area contributed by atoms with Crippen LogP contribution in [0, 0.1) is 11.3 Å². The van der Waals surface area contributed by atoms with E-state index in [4.69, 9.17) is 11.6 Å². The summed E-state index contributed by atoms with van der Waals surface area (Å²) >= 11 is 5.63. The summed E-state index contributed by atoms with van der Waals surface area (Å²) in [5.74, 6) is 1.01. The van der Waals surface area contributed by atoms with Gasteiger partial charge in [-0.15, -0.1) is 11.6 Å². The van der Waals surface area contributed by atoms with Crippen molar-refractivity contribution in [3.05, 3.63) is 0 Å². The quantitative estimate of drug-likeness (QED) is 0.583. The van der Waals surface area contributed by atoms with Crippen molar-refractivity contribution in [2.24, 2.45) is 11.3 Å². The lowest BCUT2D eigenvalue weighted by molar-refractivity contribution is -0.126. The Bertz CT molecular complexity index is 129. The monoisotopic (exact) mass is 162 g/mol. The molecule has 0 fully saturated rings. The van der Waals surface area contributed by atoms with Gasteiger partial charge in [0.1, 0.15) is 5.78 Å². The van der Waals surface area contributed by atoms with Crippen LogP contribution >= 0.6 is 11.6 Å². The van der Waals surface area contributed by atoms with E-state index >= 15 is 0 Å². The van der Waals surface area contributed by atoms with Crippen LogP contribution in [-0.2, 0) is 4.79 Å². The van der Waals surface area contributed by atoms with E-state index in [-0.39, 0.29) is 17.1 Å². The molecule has 60 valence electrons. The number of Topliss-reactive ketones (excluding diaryl/α,β-unsaturated/α-hetero) is 1. The van der Waals surface area contributed by atoms with Crippen LogP contribution in [0.4, 0.5) is 0 Å². The minimum atomic E-state index is -0.262. The fourth-order valence-electron chi connectivity index (χ4n) is 0.540. The number of halogens is 1. The van der Waals surface area contributed by atoms with Crippen molar-refractivity contribution in [2.45, 2.75) is 27.7 Å². The largest absolute Gasteiger partial charge is 0.299 e. The van der Waals surface area contributed by atoms with Gasteiger partial charge in [0.05, 0.1) is 0 Å². The Balaban J connectivity index is 4.23. The summed E-state index contributed by atoms with van der Waals surface area (Å²) in [4.78, 5) is 11.0. The van der Waals surface area contributed by atoms with Crippen molar-refractivity contribution >= 4 is 17.4 Å². The molecule has 0 radical (unpaired) electrons. The number of hydrogen-bond acceptors (Lipinski definition) is 1. The van der Waals surface area contributed by atoms with Gasteiger partial charge >= 0.3 is 0 Å². The first-order valence-corrected chi connectivity index (χ1v) is 4.03. The molecule has 0 bridgehead atoms. The highest BCUT2D eigenvalue weighted by Crippen LogP contribution is 2.28. The third-order valence-electron chi connectivity index (χ3n) is 2.37. The second-order valence-electron chi connectivity index (χ2n) is 3.33. The summed E-state index contributed by atoms with van der Waals surface area (Å²) < 4.78 is 0. The summed E-state index contributed by atoms with van der Waals surface area (Å²) in [6.07, 6.45) is 0. The molecule has 1 nitrogen and oxygen atoms in total. The highest BCUT2D eigenvalue weighted by molar-refractivity contribution is 6.18. The predicted octanol–water partition coefficient (Wildman–Crippen LogP) is 2.48. The van der Waals surface area contributed by atoms with Crippen molar-refractivity contribution in [3.8, 4) is 0 Å². The summed E-state index contributed by atoms with van der Waals surface area (Å²) in [7, 11) is 0. The standard InChI is InChI=1S/C8H15ClO/c1-6(5-9)8(3,4)7(2)10/h6H,5H2,1-4H3. The van der Waals surface area contributed by atoms with Crippen molar-refractivity contribution in [3.63, 3.8) is 0 Å². The maximum absolute atomic E-state index is 11.0. The van der Waals surface area contributed by atoms with E-state index < -0.39 is 0 Å². The summed E-state index contributed by atoms with van der Waals surface area (Å²) in [6.45, 7) is 7.47. The van der Waals surface area contributed by atoms with Crippen LogP contribution in [0.25, 0.3) is 0 Å². The molecule has 0 N–H and O–H groups in total. The average Bonchev–Trinajstić information content (AvgIpc) is 1.86. The molecular formula is C8H15ClO. The SMILES string of the molecule is CC(=O)C(C)(C)C(C)CCl. The van der Waals surface area contributed by atoms with Gasteiger partial charge in [-0.2, -0.15) is 0 Å². The Labute approximate surface area is 67.8 Å². The van der Waals surface area contributed by atoms with Gasteiger partial charge in [-0.3, -0.25) is 4.79 Å². The molecular weight excluding hydrogens is 148 g/mol. The van der Waals surface area contributed by atoms with Gasteiger partial charge in [-0.25, -0.2) is 0 Å². The van der Waals surface area contributed by atoms with E-state index in [0.717, 1.165) is 0 Å². The average molecular weight is 163 g/mol. The van der Waals surface area contributed by atoms with Crippen LogP contribution in [0.1, 0.15) is 27.7 Å². The molecule has 0 aliphatic carbocycles. The van der Waals surface area contributed by atoms with Crippen LogP contribution in [-0.4, -0.2) is 11.7 Å². The molecule has 0 amide bonds. The Morgan fingerprint density at radius 2 is 2.00 bits per heavy atom. The van der Waals surface area contributed by atoms with Crippen molar-refractivity contribution in [1.82, 2.24) is 0 Å². The molecule has 10 heavy (non-hydrogen) atoms. The number of hydrogen-bond donors (Lipinski definition) is 0. The maximum atomic E-state index is 11.0. The lowest BCUT2D eigenvalue weighted by atomic mass is 9.78. The number of rotatable bonds is 3. The first-order valence-electron chi connectivity index (χ1n) is 3.50. The first-order chi connectivity index (χ1) is 4.42. The molecule has 0 aromatic heterocycles. The third-order valence-corrected chi connectivity index (χ3v) is 2.83. The Morgan fingerprint density at radius 3 is 2.10 bits per heavy atom. The van der Waals surface area contributed by atoms with Crippen LogP contribution < -0.4 is 0 Å². The van der Waals surface area contributed by atoms with Gasteiger partial charge < -0.3 is 0 Å². The number of ketones is 1. The highest BCUT2D eigenvalue weighted by atomic mass is 35.5. The molecule has 0 aromatic carbocycles. The van der Waals surface area contributed by atoms with E-state index in [1.165, 1.54) is 0 Å². The van der Waals surface area contributed by atoms with Crippen LogP contribution in [0.15, 0.2) is 0 Å². The Morgan fingerprint density at radius 1 is 1.60 bits per heavy atom. The van der Waals surface area contributed by atoms with Gasteiger partial charge in [-0.05, 0) is 12.8 Å². The minimum Gasteiger partial charge on any atom is -0.299 e. The van der Waals surface area contributed by atoms with Crippen LogP contribution in [0.5, 0.6) is 0 Å². The zero-order valence-electron chi connectivity index (χ0n) is 7.07. The lowest BCUT2D eigenvalue weighted by Gasteiger charge is -2.26. The molecule has 0 aromatic rings. The molecule has 0 aliphatic rings. The third kappa shape index (κ3) is 1.98. The van der Waals surface area contributed by atoms with Gasteiger partial charge in [0.25, 0.3) is 0 Å². The van der Waals surface area contributed by atoms with E-state index in [9.17, 15) is 4.79 Å². The summed E-state index contributed by atoms with van der Waals surface area (Å²) in [5.41, 5.74) is -0.262. The fourth-order valence-corrected chi connectivity index (χ4v) is 0.926. The smallest absolute Gasteiger partial charge is 0.135 e. The lowest BCUT2D eigenvalue weighted by Crippen LogP contribution is -2.30. The molecule has 0 heterocycles. The first kappa shape index (κ1) is 9.96. The Kier molecular flexibility index (Phi) is 3.37. The summed E-state index contributed by atoms with van der Waals surface area (Å²) in [5, 5.41) is 0. The zero-order chi connectivity index (χ0) is 8.36. The van der Waals surface area contributed by atoms with E-state index in [0.29, 0.717) is 5.88 Å². The number of alkyl halides is 1. The van der Waals surface area contributed by atoms with Crippen molar-refractivity contribution in [2.75, 3.05) is 5.88 Å². The second-order valence-corrected chi connectivity index (χ2v) is 3.64. The number of carbonyl (C=O) groups excluding carboxylic acids is 1. The van der Waals surface area contributed by atoms with E-state index in [1.807, 2.05) is 20.8 Å². The molecule has 0 aliphatic heterocycles. The normalized spacial score (nSPS) is 14.9. The van der Waals surface area contributed by atoms with Crippen molar-refractivity contribution in [1.29, 1.82) is 0 Å². The highest BCUT2D eigenvalue weighted by Gasteiger charge is 2.29. The van der Waals surface area contributed by atoms with E-state index in [1.54, 1.807) is 6.92 Å². The molecule has 1 unspecified atom stereocenters. The topological polar surface area (TPSA) is 17.1 Å². The molecule has 0 rings (SSSR count). The van der Waals surface area contributed by atoms with Crippen LogP contribution in [0.2, 0.25) is 0 Å². The molecule has 0 saturated heterocycles. The Hall–Kier alpha value is -0.0400. The minimum absolute atomic E-state index is 0.209. The van der Waals surface area contributed by atoms with Crippen molar-refractivity contribution < 1.29 is 4.79 Å². The van der Waals surface area contributed by atoms with Gasteiger partial charge in [0, 0.05) is 11.3 Å². The fraction of sp³-hybridized carbons (Fsp3) is 0.875. The zero-order valence-corrected chi connectivity index (χ0v) is 7.83. The summed E-state index contributed by atoms with van der Waals surface area (Å²) in [6, 6.07) is 0. The maximum Gasteiger partial charge on any atom is 0.135 e. The molecule has 1 atom stereocenters. The number of carbonyl (C=O) groups is 1. The molecule has 2 heteroatoms. The molecule has 0 spiro atoms. The van der Waals surface area contributed by atoms with Gasteiger partial charge in [0.2, 0.25) is 0 Å². The van der Waals surface area contributed by atoms with E-state index in [2.05, 4.69) is 0 Å². The second kappa shape index (κ2) is 3.38. The van der Waals surface area contributed by atoms with Gasteiger partial charge in [0.15, 0.2) is 0 Å².